The molecule has 0 bridgehead atoms. The molecule has 0 aromatic heterocycles. The Morgan fingerprint density at radius 2 is 2.11 bits per heavy atom. The molecule has 0 saturated heterocycles. The topological polar surface area (TPSA) is 21.3 Å². The van der Waals surface area contributed by atoms with E-state index < -0.39 is 11.4 Å². The van der Waals surface area contributed by atoms with E-state index in [0.29, 0.717) is 5.56 Å². The fourth-order valence-corrected chi connectivity index (χ4v) is 2.74. The molecular formula is C15H21F2NO. The van der Waals surface area contributed by atoms with E-state index in [2.05, 4.69) is 5.32 Å². The quantitative estimate of drug-likeness (QED) is 0.852. The smallest absolute Gasteiger partial charge is 0.128 e. The second kappa shape index (κ2) is 5.97. The Hall–Kier alpha value is -1.00. The van der Waals surface area contributed by atoms with Crippen molar-refractivity contribution in [1.82, 2.24) is 5.32 Å². The summed E-state index contributed by atoms with van der Waals surface area (Å²) in [6.07, 6.45) is 3.75. The third-order valence-electron chi connectivity index (χ3n) is 4.00. The molecule has 0 aliphatic heterocycles. The molecule has 1 fully saturated rings. The SMILES string of the molecule is CCCNC(c1cc(F)ccc1F)C1(OC)CCC1. The van der Waals surface area contributed by atoms with Crippen LogP contribution in [-0.2, 0) is 4.74 Å². The van der Waals surface area contributed by atoms with Gasteiger partial charge in [0.1, 0.15) is 11.6 Å². The van der Waals surface area contributed by atoms with Crippen LogP contribution >= 0.6 is 0 Å². The van der Waals surface area contributed by atoms with Crippen molar-refractivity contribution in [2.45, 2.75) is 44.2 Å². The van der Waals surface area contributed by atoms with Crippen LogP contribution in [-0.4, -0.2) is 19.3 Å². The number of hydrogen-bond donors (Lipinski definition) is 1. The zero-order chi connectivity index (χ0) is 13.9. The fraction of sp³-hybridized carbons (Fsp3) is 0.600. The van der Waals surface area contributed by atoms with Gasteiger partial charge < -0.3 is 10.1 Å². The average molecular weight is 269 g/mol. The van der Waals surface area contributed by atoms with Crippen LogP contribution in [0.4, 0.5) is 8.78 Å². The van der Waals surface area contributed by atoms with Gasteiger partial charge in [0, 0.05) is 12.7 Å². The second-order valence-electron chi connectivity index (χ2n) is 5.18. The first-order chi connectivity index (χ1) is 9.13. The van der Waals surface area contributed by atoms with Crippen LogP contribution in [0, 0.1) is 11.6 Å². The predicted molar refractivity (Wildman–Crippen MR) is 71.0 cm³/mol. The Labute approximate surface area is 113 Å². The number of methoxy groups -OCH3 is 1. The summed E-state index contributed by atoms with van der Waals surface area (Å²) in [5, 5.41) is 3.32. The minimum Gasteiger partial charge on any atom is -0.376 e. The molecule has 1 saturated carbocycles. The summed E-state index contributed by atoms with van der Waals surface area (Å²) >= 11 is 0. The summed E-state index contributed by atoms with van der Waals surface area (Å²) in [7, 11) is 1.65. The van der Waals surface area contributed by atoms with Crippen LogP contribution in [0.15, 0.2) is 18.2 Å². The maximum absolute atomic E-state index is 14.0. The summed E-state index contributed by atoms with van der Waals surface area (Å²) in [6, 6.07) is 3.33. The van der Waals surface area contributed by atoms with E-state index in [4.69, 9.17) is 4.74 Å². The van der Waals surface area contributed by atoms with Crippen molar-refractivity contribution in [1.29, 1.82) is 0 Å². The number of nitrogens with one attached hydrogen (secondary N) is 1. The first kappa shape index (κ1) is 14.4. The third-order valence-corrected chi connectivity index (χ3v) is 4.00. The predicted octanol–water partition coefficient (Wildman–Crippen LogP) is 3.57. The average Bonchev–Trinajstić information content (AvgIpc) is 2.36. The highest BCUT2D eigenvalue weighted by Gasteiger charge is 2.45. The highest BCUT2D eigenvalue weighted by Crippen LogP contribution is 2.45. The van der Waals surface area contributed by atoms with Crippen molar-refractivity contribution in [3.8, 4) is 0 Å². The van der Waals surface area contributed by atoms with Crippen LogP contribution in [0.3, 0.4) is 0 Å². The lowest BCUT2D eigenvalue weighted by molar-refractivity contribution is -0.100. The summed E-state index contributed by atoms with van der Waals surface area (Å²) in [5.41, 5.74) is -0.0286. The van der Waals surface area contributed by atoms with E-state index in [-0.39, 0.29) is 11.9 Å². The van der Waals surface area contributed by atoms with Crippen LogP contribution < -0.4 is 5.32 Å². The molecule has 2 nitrogen and oxygen atoms in total. The molecule has 106 valence electrons. The largest absolute Gasteiger partial charge is 0.376 e. The molecule has 1 aliphatic rings. The molecule has 0 amide bonds. The molecule has 1 N–H and O–H groups in total. The Balaban J connectivity index is 2.33. The minimum atomic E-state index is -0.412. The number of halogens is 2. The Kier molecular flexibility index (Phi) is 4.53. The Bertz CT molecular complexity index is 427. The van der Waals surface area contributed by atoms with Gasteiger partial charge >= 0.3 is 0 Å². The van der Waals surface area contributed by atoms with Gasteiger partial charge in [-0.3, -0.25) is 0 Å². The summed E-state index contributed by atoms with van der Waals surface area (Å²) < 4.78 is 33.1. The van der Waals surface area contributed by atoms with E-state index in [0.717, 1.165) is 38.3 Å². The van der Waals surface area contributed by atoms with Gasteiger partial charge in [-0.15, -0.1) is 0 Å². The normalized spacial score (nSPS) is 18.9. The maximum Gasteiger partial charge on any atom is 0.128 e. The number of ether oxygens (including phenoxy) is 1. The minimum absolute atomic E-state index is 0.290. The van der Waals surface area contributed by atoms with Gasteiger partial charge in [-0.2, -0.15) is 0 Å². The Morgan fingerprint density at radius 3 is 2.63 bits per heavy atom. The molecule has 2 rings (SSSR count). The number of benzene rings is 1. The summed E-state index contributed by atoms with van der Waals surface area (Å²) in [5.74, 6) is -0.788. The van der Waals surface area contributed by atoms with E-state index in [1.807, 2.05) is 6.92 Å². The van der Waals surface area contributed by atoms with Crippen molar-refractivity contribution >= 4 is 0 Å². The van der Waals surface area contributed by atoms with Crippen molar-refractivity contribution in [2.24, 2.45) is 0 Å². The molecule has 1 aliphatic carbocycles. The van der Waals surface area contributed by atoms with Gasteiger partial charge in [-0.1, -0.05) is 6.92 Å². The van der Waals surface area contributed by atoms with E-state index >= 15 is 0 Å². The highest BCUT2D eigenvalue weighted by molar-refractivity contribution is 5.26. The molecule has 19 heavy (non-hydrogen) atoms. The van der Waals surface area contributed by atoms with Crippen molar-refractivity contribution in [3.63, 3.8) is 0 Å². The van der Waals surface area contributed by atoms with Crippen LogP contribution in [0.5, 0.6) is 0 Å². The van der Waals surface area contributed by atoms with Crippen LogP contribution in [0.25, 0.3) is 0 Å². The first-order valence-electron chi connectivity index (χ1n) is 6.86. The zero-order valence-electron chi connectivity index (χ0n) is 11.5. The molecular weight excluding hydrogens is 248 g/mol. The summed E-state index contributed by atoms with van der Waals surface area (Å²) in [6.45, 7) is 2.80. The molecule has 0 heterocycles. The Morgan fingerprint density at radius 1 is 1.37 bits per heavy atom. The van der Waals surface area contributed by atoms with Crippen molar-refractivity contribution < 1.29 is 13.5 Å². The number of hydrogen-bond acceptors (Lipinski definition) is 2. The molecule has 1 aromatic carbocycles. The lowest BCUT2D eigenvalue weighted by atomic mass is 9.72. The van der Waals surface area contributed by atoms with Gasteiger partial charge in [-0.25, -0.2) is 8.78 Å². The third kappa shape index (κ3) is 2.79. The van der Waals surface area contributed by atoms with Crippen molar-refractivity contribution in [2.75, 3.05) is 13.7 Å². The second-order valence-corrected chi connectivity index (χ2v) is 5.18. The lowest BCUT2D eigenvalue weighted by Gasteiger charge is -2.47. The molecule has 1 unspecified atom stereocenters. The van der Waals surface area contributed by atoms with Gasteiger partial charge in [0.05, 0.1) is 11.6 Å². The van der Waals surface area contributed by atoms with Gasteiger partial charge in [0.2, 0.25) is 0 Å². The number of rotatable bonds is 6. The lowest BCUT2D eigenvalue weighted by Crippen LogP contribution is -2.51. The molecule has 0 spiro atoms. The highest BCUT2D eigenvalue weighted by atomic mass is 19.1. The summed E-state index contributed by atoms with van der Waals surface area (Å²) in [4.78, 5) is 0. The monoisotopic (exact) mass is 269 g/mol. The molecule has 1 atom stereocenters. The van der Waals surface area contributed by atoms with E-state index in [9.17, 15) is 8.78 Å². The first-order valence-corrected chi connectivity index (χ1v) is 6.86. The van der Waals surface area contributed by atoms with Gasteiger partial charge in [0.25, 0.3) is 0 Å². The van der Waals surface area contributed by atoms with Crippen molar-refractivity contribution in [3.05, 3.63) is 35.4 Å². The molecule has 4 heteroatoms. The maximum atomic E-state index is 14.0. The molecule has 0 radical (unpaired) electrons. The van der Waals surface area contributed by atoms with Gasteiger partial charge in [-0.05, 0) is 50.4 Å². The van der Waals surface area contributed by atoms with Crippen LogP contribution in [0.2, 0.25) is 0 Å². The fourth-order valence-electron chi connectivity index (χ4n) is 2.74. The molecule has 1 aromatic rings. The van der Waals surface area contributed by atoms with E-state index in [1.54, 1.807) is 7.11 Å². The van der Waals surface area contributed by atoms with Crippen LogP contribution in [0.1, 0.15) is 44.2 Å². The zero-order valence-corrected chi connectivity index (χ0v) is 11.5. The van der Waals surface area contributed by atoms with Gasteiger partial charge in [0.15, 0.2) is 0 Å². The standard InChI is InChI=1S/C15H21F2NO/c1-3-9-18-14(15(19-2)7-4-8-15)12-10-11(16)5-6-13(12)17/h5-6,10,14,18H,3-4,7-9H2,1-2H3. The van der Waals surface area contributed by atoms with E-state index in [1.165, 1.54) is 12.1 Å².